The standard InChI is InChI=1S/C31H27N3O5S/c1-5-37-22-12-10-20(11-13-22)28-27(30(36)38-18(2)3)19(4)33-31-34(28)29(35)26(40-31)16-23-14-15-25(39-23)24-9-7-6-8-21(24)17-32/h6-16,18,28H,5H2,1-4H3/b26-16+/t28-/m0/s1. The van der Waals surface area contributed by atoms with E-state index in [1.807, 2.05) is 43.3 Å². The van der Waals surface area contributed by atoms with Crippen LogP contribution >= 0.6 is 11.3 Å². The zero-order chi connectivity index (χ0) is 28.4. The van der Waals surface area contributed by atoms with Crippen molar-refractivity contribution in [2.45, 2.75) is 39.8 Å². The number of aromatic nitrogens is 1. The smallest absolute Gasteiger partial charge is 0.338 e. The van der Waals surface area contributed by atoms with E-state index in [4.69, 9.17) is 13.9 Å². The highest BCUT2D eigenvalue weighted by atomic mass is 32.1. The second-order valence-electron chi connectivity index (χ2n) is 9.40. The number of hydrogen-bond acceptors (Lipinski definition) is 8. The molecule has 0 saturated carbocycles. The summed E-state index contributed by atoms with van der Waals surface area (Å²) in [5.41, 5.74) is 2.39. The molecule has 40 heavy (non-hydrogen) atoms. The highest BCUT2D eigenvalue weighted by molar-refractivity contribution is 7.07. The fourth-order valence-electron chi connectivity index (χ4n) is 4.59. The van der Waals surface area contributed by atoms with Gasteiger partial charge in [-0.15, -0.1) is 0 Å². The van der Waals surface area contributed by atoms with E-state index in [2.05, 4.69) is 11.1 Å². The fourth-order valence-corrected chi connectivity index (χ4v) is 5.62. The summed E-state index contributed by atoms with van der Waals surface area (Å²) in [5, 5.41) is 9.45. The average Bonchev–Trinajstić information content (AvgIpc) is 3.52. The van der Waals surface area contributed by atoms with Gasteiger partial charge in [-0.1, -0.05) is 35.6 Å². The molecule has 1 aliphatic heterocycles. The number of carbonyl (C=O) groups is 1. The van der Waals surface area contributed by atoms with E-state index in [9.17, 15) is 14.9 Å². The van der Waals surface area contributed by atoms with E-state index in [-0.39, 0.29) is 11.7 Å². The molecule has 0 radical (unpaired) electrons. The Balaban J connectivity index is 1.63. The second-order valence-corrected chi connectivity index (χ2v) is 10.4. The lowest BCUT2D eigenvalue weighted by Crippen LogP contribution is -2.40. The van der Waals surface area contributed by atoms with Crippen LogP contribution in [-0.2, 0) is 9.53 Å². The maximum absolute atomic E-state index is 13.8. The van der Waals surface area contributed by atoms with Crippen molar-refractivity contribution in [2.75, 3.05) is 6.61 Å². The molecular formula is C31H27N3O5S. The number of allylic oxidation sites excluding steroid dienone is 1. The summed E-state index contributed by atoms with van der Waals surface area (Å²) in [4.78, 5) is 32.2. The van der Waals surface area contributed by atoms with E-state index in [0.29, 0.717) is 55.6 Å². The molecular weight excluding hydrogens is 526 g/mol. The molecule has 0 bridgehead atoms. The number of hydrogen-bond donors (Lipinski definition) is 0. The van der Waals surface area contributed by atoms with Gasteiger partial charge in [-0.2, -0.15) is 5.26 Å². The molecule has 3 heterocycles. The van der Waals surface area contributed by atoms with Gasteiger partial charge in [0.25, 0.3) is 5.56 Å². The van der Waals surface area contributed by atoms with Crippen molar-refractivity contribution in [2.24, 2.45) is 4.99 Å². The Kier molecular flexibility index (Phi) is 7.54. The first kappa shape index (κ1) is 26.9. The Morgan fingerprint density at radius 2 is 1.93 bits per heavy atom. The molecule has 202 valence electrons. The Labute approximate surface area is 234 Å². The molecule has 9 heteroatoms. The van der Waals surface area contributed by atoms with Gasteiger partial charge in [0.2, 0.25) is 0 Å². The normalized spacial score (nSPS) is 15.0. The third kappa shape index (κ3) is 5.14. The molecule has 2 aromatic heterocycles. The molecule has 0 amide bonds. The second kappa shape index (κ2) is 11.2. The number of thiazole rings is 1. The van der Waals surface area contributed by atoms with Crippen LogP contribution in [-0.4, -0.2) is 23.2 Å². The van der Waals surface area contributed by atoms with Crippen LogP contribution in [0.2, 0.25) is 0 Å². The van der Waals surface area contributed by atoms with E-state index in [1.165, 1.54) is 15.9 Å². The quantitative estimate of drug-likeness (QED) is 0.307. The summed E-state index contributed by atoms with van der Waals surface area (Å²) in [6.45, 7) is 7.74. The molecule has 0 N–H and O–H groups in total. The Morgan fingerprint density at radius 1 is 1.18 bits per heavy atom. The molecule has 5 rings (SSSR count). The van der Waals surface area contributed by atoms with Gasteiger partial charge in [-0.25, -0.2) is 9.79 Å². The van der Waals surface area contributed by atoms with E-state index >= 15 is 0 Å². The summed E-state index contributed by atoms with van der Waals surface area (Å²) in [7, 11) is 0. The maximum atomic E-state index is 13.8. The van der Waals surface area contributed by atoms with E-state index < -0.39 is 12.0 Å². The van der Waals surface area contributed by atoms with E-state index in [1.54, 1.807) is 51.1 Å². The minimum absolute atomic E-state index is 0.305. The summed E-state index contributed by atoms with van der Waals surface area (Å²) >= 11 is 1.22. The SMILES string of the molecule is CCOc1ccc([C@H]2C(C(=O)OC(C)C)=C(C)N=c3s/c(=C/c4ccc(-c5ccccc5C#N)o4)c(=O)n32)cc1. The molecule has 0 unspecified atom stereocenters. The first-order valence-corrected chi connectivity index (χ1v) is 13.7. The van der Waals surface area contributed by atoms with Crippen molar-refractivity contribution in [3.63, 3.8) is 0 Å². The maximum Gasteiger partial charge on any atom is 0.338 e. The predicted molar refractivity (Wildman–Crippen MR) is 151 cm³/mol. The molecule has 2 aromatic carbocycles. The summed E-state index contributed by atoms with van der Waals surface area (Å²) in [6, 6.07) is 19.5. The zero-order valence-corrected chi connectivity index (χ0v) is 23.3. The van der Waals surface area contributed by atoms with Gasteiger partial charge in [-0.3, -0.25) is 9.36 Å². The van der Waals surface area contributed by atoms with Crippen LogP contribution in [0, 0.1) is 11.3 Å². The highest BCUT2D eigenvalue weighted by Gasteiger charge is 2.33. The van der Waals surface area contributed by atoms with Gasteiger partial charge in [0.15, 0.2) is 4.80 Å². The van der Waals surface area contributed by atoms with Gasteiger partial charge in [0.05, 0.1) is 46.2 Å². The number of fused-ring (bicyclic) bond motifs is 1. The van der Waals surface area contributed by atoms with Crippen LogP contribution in [0.5, 0.6) is 5.75 Å². The Hall–Kier alpha value is -4.68. The lowest BCUT2D eigenvalue weighted by Gasteiger charge is -2.25. The summed E-state index contributed by atoms with van der Waals surface area (Å²) in [5.74, 6) is 1.16. The number of esters is 1. The van der Waals surface area contributed by atoms with Crippen LogP contribution in [0.3, 0.4) is 0 Å². The molecule has 8 nitrogen and oxygen atoms in total. The first-order chi connectivity index (χ1) is 19.3. The fraction of sp³-hybridized carbons (Fsp3) is 0.226. The van der Waals surface area contributed by atoms with Gasteiger partial charge < -0.3 is 13.9 Å². The highest BCUT2D eigenvalue weighted by Crippen LogP contribution is 2.32. The lowest BCUT2D eigenvalue weighted by atomic mass is 9.96. The van der Waals surface area contributed by atoms with Crippen LogP contribution in [0.4, 0.5) is 0 Å². The van der Waals surface area contributed by atoms with Crippen molar-refractivity contribution in [1.82, 2.24) is 4.57 Å². The van der Waals surface area contributed by atoms with Gasteiger partial charge in [0.1, 0.15) is 17.3 Å². The molecule has 0 saturated heterocycles. The van der Waals surface area contributed by atoms with Crippen LogP contribution in [0.1, 0.15) is 50.6 Å². The number of nitriles is 1. The minimum atomic E-state index is -0.727. The van der Waals surface area contributed by atoms with Crippen LogP contribution in [0.15, 0.2) is 86.1 Å². The summed E-state index contributed by atoms with van der Waals surface area (Å²) in [6.07, 6.45) is 1.32. The number of ether oxygens (including phenoxy) is 2. The van der Waals surface area contributed by atoms with Gasteiger partial charge in [-0.05, 0) is 69.7 Å². The molecule has 0 aliphatic carbocycles. The molecule has 0 spiro atoms. The van der Waals surface area contributed by atoms with Crippen LogP contribution in [0.25, 0.3) is 17.4 Å². The van der Waals surface area contributed by atoms with Crippen LogP contribution < -0.4 is 19.6 Å². The number of carbonyl (C=O) groups excluding carboxylic acids is 1. The molecule has 1 atom stereocenters. The van der Waals surface area contributed by atoms with Crippen molar-refractivity contribution in [1.29, 1.82) is 5.26 Å². The zero-order valence-electron chi connectivity index (χ0n) is 22.5. The molecule has 0 fully saturated rings. The number of furan rings is 1. The monoisotopic (exact) mass is 553 g/mol. The van der Waals surface area contributed by atoms with Crippen molar-refractivity contribution in [3.05, 3.63) is 109 Å². The van der Waals surface area contributed by atoms with E-state index in [0.717, 1.165) is 5.56 Å². The predicted octanol–water partition coefficient (Wildman–Crippen LogP) is 4.72. The Morgan fingerprint density at radius 3 is 2.62 bits per heavy atom. The number of nitrogens with zero attached hydrogens (tertiary/aromatic N) is 3. The summed E-state index contributed by atoms with van der Waals surface area (Å²) < 4.78 is 19.1. The largest absolute Gasteiger partial charge is 0.494 e. The topological polar surface area (TPSA) is 107 Å². The van der Waals surface area contributed by atoms with Gasteiger partial charge in [0, 0.05) is 11.6 Å². The minimum Gasteiger partial charge on any atom is -0.494 e. The molecule has 1 aliphatic rings. The molecule has 4 aromatic rings. The number of benzene rings is 2. The van der Waals surface area contributed by atoms with Gasteiger partial charge >= 0.3 is 5.97 Å². The Bertz CT molecular complexity index is 1830. The third-order valence-electron chi connectivity index (χ3n) is 6.30. The lowest BCUT2D eigenvalue weighted by molar-refractivity contribution is -0.143. The van der Waals surface area contributed by atoms with Crippen molar-refractivity contribution in [3.8, 4) is 23.1 Å². The van der Waals surface area contributed by atoms with Crippen molar-refractivity contribution < 1.29 is 18.7 Å². The average molecular weight is 554 g/mol. The first-order valence-electron chi connectivity index (χ1n) is 12.9. The van der Waals surface area contributed by atoms with Crippen molar-refractivity contribution >= 4 is 23.4 Å². The third-order valence-corrected chi connectivity index (χ3v) is 7.29. The number of rotatable bonds is 7.